The third kappa shape index (κ3) is 2.42. The molecule has 1 aromatic rings. The minimum Gasteiger partial charge on any atom is -0.464 e. The van der Waals surface area contributed by atoms with Crippen LogP contribution in [0, 0.1) is 5.92 Å². The van der Waals surface area contributed by atoms with Gasteiger partial charge in [-0.1, -0.05) is 24.3 Å². The minimum absolute atomic E-state index is 0.0590. The second-order valence-corrected chi connectivity index (χ2v) is 4.40. The maximum absolute atomic E-state index is 10.7. The highest BCUT2D eigenvalue weighted by Gasteiger charge is 2.26. The zero-order valence-electron chi connectivity index (χ0n) is 9.48. The van der Waals surface area contributed by atoms with Gasteiger partial charge in [0.25, 0.3) is 0 Å². The van der Waals surface area contributed by atoms with Crippen LogP contribution in [0.4, 0.5) is 0 Å². The number of carbonyl (C=O) groups excluding carboxylic acids is 1. The molecule has 1 unspecified atom stereocenters. The van der Waals surface area contributed by atoms with E-state index in [9.17, 15) is 4.79 Å². The molecule has 3 nitrogen and oxygen atoms in total. The lowest BCUT2D eigenvalue weighted by molar-refractivity contribution is -0.141. The van der Waals surface area contributed by atoms with Gasteiger partial charge in [0.2, 0.25) is 0 Å². The molecule has 86 valence electrons. The fourth-order valence-corrected chi connectivity index (χ4v) is 2.25. The zero-order chi connectivity index (χ0) is 11.5. The second-order valence-electron chi connectivity index (χ2n) is 4.40. The second kappa shape index (κ2) is 4.66. The van der Waals surface area contributed by atoms with Gasteiger partial charge in [-0.3, -0.25) is 4.79 Å². The number of hydrogen-bond donors (Lipinski definition) is 1. The highest BCUT2D eigenvalue weighted by molar-refractivity contribution is 5.65. The van der Waals surface area contributed by atoms with E-state index in [-0.39, 0.29) is 12.0 Å². The average molecular weight is 219 g/mol. The summed E-state index contributed by atoms with van der Waals surface area (Å²) in [7, 11) is 0. The number of benzene rings is 1. The molecule has 0 saturated heterocycles. The summed E-state index contributed by atoms with van der Waals surface area (Å²) in [5, 5.41) is 0. The van der Waals surface area contributed by atoms with E-state index in [1.807, 2.05) is 0 Å². The van der Waals surface area contributed by atoms with Crippen molar-refractivity contribution in [2.45, 2.75) is 25.8 Å². The number of hydrogen-bond acceptors (Lipinski definition) is 3. The Morgan fingerprint density at radius 1 is 1.44 bits per heavy atom. The van der Waals surface area contributed by atoms with Gasteiger partial charge in [-0.05, 0) is 29.9 Å². The normalized spacial score (nSPS) is 16.9. The molecule has 3 heteroatoms. The van der Waals surface area contributed by atoms with E-state index in [0.29, 0.717) is 12.5 Å². The van der Waals surface area contributed by atoms with Crippen LogP contribution in [-0.4, -0.2) is 18.6 Å². The Morgan fingerprint density at radius 2 is 2.00 bits per heavy atom. The van der Waals surface area contributed by atoms with Crippen molar-refractivity contribution in [3.63, 3.8) is 0 Å². The Bertz CT molecular complexity index is 364. The molecule has 0 saturated carbocycles. The van der Waals surface area contributed by atoms with Crippen LogP contribution in [0.25, 0.3) is 0 Å². The number of fused-ring (bicyclic) bond motifs is 1. The van der Waals surface area contributed by atoms with Crippen LogP contribution in [0.15, 0.2) is 24.3 Å². The first-order valence-electron chi connectivity index (χ1n) is 5.62. The predicted octanol–water partition coefficient (Wildman–Crippen LogP) is 1.29. The summed E-state index contributed by atoms with van der Waals surface area (Å²) in [4.78, 5) is 10.7. The van der Waals surface area contributed by atoms with E-state index in [0.717, 1.165) is 12.8 Å². The summed E-state index contributed by atoms with van der Waals surface area (Å²) in [6.07, 6.45) is 2.00. The molecule has 0 fully saturated rings. The van der Waals surface area contributed by atoms with Gasteiger partial charge in [0.15, 0.2) is 0 Å². The molecule has 0 aromatic heterocycles. The van der Waals surface area contributed by atoms with Crippen LogP contribution in [0.2, 0.25) is 0 Å². The van der Waals surface area contributed by atoms with Gasteiger partial charge >= 0.3 is 5.97 Å². The molecular weight excluding hydrogens is 202 g/mol. The summed E-state index contributed by atoms with van der Waals surface area (Å²) in [6, 6.07) is 8.34. The van der Waals surface area contributed by atoms with Crippen molar-refractivity contribution >= 4 is 5.97 Å². The van der Waals surface area contributed by atoms with Crippen molar-refractivity contribution in [2.75, 3.05) is 6.61 Å². The third-order valence-corrected chi connectivity index (χ3v) is 3.17. The molecule has 1 aliphatic rings. The monoisotopic (exact) mass is 219 g/mol. The van der Waals surface area contributed by atoms with Crippen molar-refractivity contribution in [1.29, 1.82) is 0 Å². The molecule has 0 heterocycles. The molecule has 1 aliphatic carbocycles. The van der Waals surface area contributed by atoms with Gasteiger partial charge in [0.1, 0.15) is 6.61 Å². The average Bonchev–Trinajstić information content (AvgIpc) is 2.69. The first-order valence-corrected chi connectivity index (χ1v) is 5.62. The van der Waals surface area contributed by atoms with Crippen molar-refractivity contribution in [3.05, 3.63) is 35.4 Å². The molecular formula is C13H17NO2. The molecule has 0 spiro atoms. The highest BCUT2D eigenvalue weighted by Crippen LogP contribution is 2.28. The Balaban J connectivity index is 1.93. The topological polar surface area (TPSA) is 52.3 Å². The Kier molecular flexibility index (Phi) is 3.25. The maximum Gasteiger partial charge on any atom is 0.302 e. The number of rotatable bonds is 3. The summed E-state index contributed by atoms with van der Waals surface area (Å²) in [5.74, 6) is 0.141. The van der Waals surface area contributed by atoms with Gasteiger partial charge in [0, 0.05) is 13.0 Å². The molecule has 0 radical (unpaired) electrons. The standard InChI is InChI=1S/C13H17NO2/c1-9(15)16-8-13(14)12-6-10-4-2-3-5-11(10)7-12/h2-5,12-13H,6-8,14H2,1H3. The van der Waals surface area contributed by atoms with E-state index in [1.54, 1.807) is 0 Å². The largest absolute Gasteiger partial charge is 0.464 e. The molecule has 2 rings (SSSR count). The molecule has 2 N–H and O–H groups in total. The van der Waals surface area contributed by atoms with Crippen LogP contribution in [0.5, 0.6) is 0 Å². The third-order valence-electron chi connectivity index (χ3n) is 3.17. The van der Waals surface area contributed by atoms with E-state index in [1.165, 1.54) is 18.1 Å². The van der Waals surface area contributed by atoms with Crippen molar-refractivity contribution in [3.8, 4) is 0 Å². The maximum atomic E-state index is 10.7. The van der Waals surface area contributed by atoms with Crippen molar-refractivity contribution < 1.29 is 9.53 Å². The highest BCUT2D eigenvalue weighted by atomic mass is 16.5. The van der Waals surface area contributed by atoms with Gasteiger partial charge in [-0.2, -0.15) is 0 Å². The molecule has 1 aromatic carbocycles. The van der Waals surface area contributed by atoms with Gasteiger partial charge in [-0.15, -0.1) is 0 Å². The fraction of sp³-hybridized carbons (Fsp3) is 0.462. The lowest BCUT2D eigenvalue weighted by atomic mass is 9.98. The SMILES string of the molecule is CC(=O)OCC(N)C1Cc2ccccc2C1. The predicted molar refractivity (Wildman–Crippen MR) is 61.9 cm³/mol. The lowest BCUT2D eigenvalue weighted by Crippen LogP contribution is -2.35. The van der Waals surface area contributed by atoms with Crippen molar-refractivity contribution in [1.82, 2.24) is 0 Å². The zero-order valence-corrected chi connectivity index (χ0v) is 9.48. The molecule has 16 heavy (non-hydrogen) atoms. The molecule has 0 amide bonds. The van der Waals surface area contributed by atoms with Crippen LogP contribution in [0.3, 0.4) is 0 Å². The molecule has 0 bridgehead atoms. The van der Waals surface area contributed by atoms with Crippen LogP contribution in [0.1, 0.15) is 18.1 Å². The Morgan fingerprint density at radius 3 is 2.50 bits per heavy atom. The fourth-order valence-electron chi connectivity index (χ4n) is 2.25. The van der Waals surface area contributed by atoms with Crippen LogP contribution >= 0.6 is 0 Å². The lowest BCUT2D eigenvalue weighted by Gasteiger charge is -2.18. The first kappa shape index (κ1) is 11.1. The van der Waals surface area contributed by atoms with E-state index in [4.69, 9.17) is 10.5 Å². The van der Waals surface area contributed by atoms with Gasteiger partial charge in [-0.25, -0.2) is 0 Å². The van der Waals surface area contributed by atoms with Gasteiger partial charge in [0.05, 0.1) is 0 Å². The summed E-state index contributed by atoms with van der Waals surface area (Å²) in [6.45, 7) is 1.74. The van der Waals surface area contributed by atoms with Crippen LogP contribution < -0.4 is 5.73 Å². The molecule has 1 atom stereocenters. The number of carbonyl (C=O) groups is 1. The quantitative estimate of drug-likeness (QED) is 0.779. The summed E-state index contributed by atoms with van der Waals surface area (Å²) in [5.41, 5.74) is 8.79. The van der Waals surface area contributed by atoms with Crippen LogP contribution in [-0.2, 0) is 22.4 Å². The summed E-state index contributed by atoms with van der Waals surface area (Å²) < 4.78 is 4.95. The first-order chi connectivity index (χ1) is 7.66. The minimum atomic E-state index is -0.258. The van der Waals surface area contributed by atoms with Gasteiger partial charge < -0.3 is 10.5 Å². The van der Waals surface area contributed by atoms with E-state index < -0.39 is 0 Å². The Labute approximate surface area is 95.6 Å². The smallest absolute Gasteiger partial charge is 0.302 e. The summed E-state index contributed by atoms with van der Waals surface area (Å²) >= 11 is 0. The van der Waals surface area contributed by atoms with Crippen molar-refractivity contribution in [2.24, 2.45) is 11.7 Å². The van der Waals surface area contributed by atoms with E-state index >= 15 is 0 Å². The Hall–Kier alpha value is -1.35. The number of ether oxygens (including phenoxy) is 1. The number of nitrogens with two attached hydrogens (primary N) is 1. The molecule has 0 aliphatic heterocycles. The number of esters is 1. The van der Waals surface area contributed by atoms with E-state index in [2.05, 4.69) is 24.3 Å².